The first-order valence-corrected chi connectivity index (χ1v) is 12.0. The van der Waals surface area contributed by atoms with Gasteiger partial charge in [0.2, 0.25) is 0 Å². The van der Waals surface area contributed by atoms with Gasteiger partial charge >= 0.3 is 12.1 Å². The Morgan fingerprint density at radius 1 is 1.11 bits per heavy atom. The van der Waals surface area contributed by atoms with Crippen LogP contribution in [0.25, 0.3) is 22.1 Å². The summed E-state index contributed by atoms with van der Waals surface area (Å²) in [5.41, 5.74) is 6.32. The number of nitriles is 1. The zero-order valence-electron chi connectivity index (χ0n) is 19.1. The molecule has 182 valence electrons. The van der Waals surface area contributed by atoms with Crippen LogP contribution in [0.2, 0.25) is 0 Å². The first-order chi connectivity index (χ1) is 16.6. The van der Waals surface area contributed by atoms with Crippen LogP contribution in [0.4, 0.5) is 4.79 Å². The molecule has 1 atom stereocenters. The van der Waals surface area contributed by atoms with Crippen LogP contribution in [-0.2, 0) is 20.7 Å². The van der Waals surface area contributed by atoms with E-state index in [0.29, 0.717) is 27.1 Å². The average molecular weight is 515 g/mol. The SMILES string of the molecule is CC(C)(C)OC(=O)N[C@@H](Cc1nc(-c2nc(-c3cccc(C(N)=O)n3)cs2)cs1)C(=O)OCC#N. The molecule has 3 N–H and O–H groups in total. The zero-order chi connectivity index (χ0) is 25.6. The smallest absolute Gasteiger partial charge is 0.408 e. The van der Waals surface area contributed by atoms with Crippen molar-refractivity contribution in [1.29, 1.82) is 5.26 Å². The molecule has 0 aliphatic heterocycles. The van der Waals surface area contributed by atoms with Crippen molar-refractivity contribution in [3.05, 3.63) is 39.7 Å². The van der Waals surface area contributed by atoms with Crippen LogP contribution in [-0.4, -0.2) is 51.2 Å². The van der Waals surface area contributed by atoms with Crippen LogP contribution in [0.3, 0.4) is 0 Å². The minimum Gasteiger partial charge on any atom is -0.449 e. The van der Waals surface area contributed by atoms with Gasteiger partial charge < -0.3 is 20.5 Å². The summed E-state index contributed by atoms with van der Waals surface area (Å²) in [6, 6.07) is 5.54. The highest BCUT2D eigenvalue weighted by Crippen LogP contribution is 2.29. The van der Waals surface area contributed by atoms with Crippen LogP contribution in [0.15, 0.2) is 29.0 Å². The van der Waals surface area contributed by atoms with E-state index in [1.165, 1.54) is 28.7 Å². The summed E-state index contributed by atoms with van der Waals surface area (Å²) in [6.07, 6.45) is -0.752. The Kier molecular flexibility index (Phi) is 8.10. The third-order valence-electron chi connectivity index (χ3n) is 4.17. The number of carbonyl (C=O) groups excluding carboxylic acids is 3. The topological polar surface area (TPSA) is 170 Å². The number of carbonyl (C=O) groups is 3. The number of hydrogen-bond acceptors (Lipinski definition) is 11. The van der Waals surface area contributed by atoms with Crippen molar-refractivity contribution in [2.75, 3.05) is 6.61 Å². The molecule has 0 fully saturated rings. The maximum atomic E-state index is 12.4. The van der Waals surface area contributed by atoms with E-state index in [1.54, 1.807) is 49.7 Å². The van der Waals surface area contributed by atoms with Crippen molar-refractivity contribution in [1.82, 2.24) is 20.3 Å². The molecule has 0 saturated heterocycles. The highest BCUT2D eigenvalue weighted by molar-refractivity contribution is 7.14. The summed E-state index contributed by atoms with van der Waals surface area (Å²) in [7, 11) is 0. The molecule has 13 heteroatoms. The van der Waals surface area contributed by atoms with Crippen LogP contribution < -0.4 is 11.1 Å². The number of rotatable bonds is 8. The first kappa shape index (κ1) is 25.7. The summed E-state index contributed by atoms with van der Waals surface area (Å²) in [6.45, 7) is 4.65. The van der Waals surface area contributed by atoms with Crippen LogP contribution in [0.1, 0.15) is 36.3 Å². The summed E-state index contributed by atoms with van der Waals surface area (Å²) in [4.78, 5) is 49.3. The van der Waals surface area contributed by atoms with Gasteiger partial charge in [0.25, 0.3) is 5.91 Å². The number of ether oxygens (including phenoxy) is 2. The van der Waals surface area contributed by atoms with Crippen molar-refractivity contribution in [2.24, 2.45) is 5.73 Å². The third-order valence-corrected chi connectivity index (χ3v) is 5.91. The maximum absolute atomic E-state index is 12.4. The summed E-state index contributed by atoms with van der Waals surface area (Å²) in [5, 5.41) is 15.9. The number of alkyl carbamates (subject to hydrolysis) is 1. The molecule has 0 bridgehead atoms. The Morgan fingerprint density at radius 3 is 2.54 bits per heavy atom. The average Bonchev–Trinajstić information content (AvgIpc) is 3.45. The Balaban J connectivity index is 1.76. The summed E-state index contributed by atoms with van der Waals surface area (Å²) in [5.74, 6) is -1.40. The van der Waals surface area contributed by atoms with Gasteiger partial charge in [-0.2, -0.15) is 5.26 Å². The lowest BCUT2D eigenvalue weighted by Crippen LogP contribution is -2.45. The van der Waals surface area contributed by atoms with E-state index in [0.717, 1.165) is 0 Å². The number of aromatic nitrogens is 3. The Morgan fingerprint density at radius 2 is 1.86 bits per heavy atom. The van der Waals surface area contributed by atoms with Gasteiger partial charge in [-0.05, 0) is 32.9 Å². The number of primary amides is 1. The van der Waals surface area contributed by atoms with Crippen LogP contribution in [0, 0.1) is 11.3 Å². The number of pyridine rings is 1. The highest BCUT2D eigenvalue weighted by atomic mass is 32.1. The molecule has 0 saturated carbocycles. The van der Waals surface area contributed by atoms with Gasteiger partial charge in [0.15, 0.2) is 6.61 Å². The van der Waals surface area contributed by atoms with Gasteiger partial charge in [0.05, 0.1) is 10.7 Å². The molecule has 3 heterocycles. The molecule has 3 aromatic heterocycles. The van der Waals surface area contributed by atoms with Crippen molar-refractivity contribution < 1.29 is 23.9 Å². The Bertz CT molecular complexity index is 1270. The van der Waals surface area contributed by atoms with Gasteiger partial charge in [-0.3, -0.25) is 4.79 Å². The molecule has 11 nitrogen and oxygen atoms in total. The van der Waals surface area contributed by atoms with E-state index >= 15 is 0 Å². The molecule has 0 spiro atoms. The molecule has 35 heavy (non-hydrogen) atoms. The Labute approximate surface area is 208 Å². The highest BCUT2D eigenvalue weighted by Gasteiger charge is 2.27. The second-order valence-corrected chi connectivity index (χ2v) is 9.91. The minimum atomic E-state index is -1.09. The lowest BCUT2D eigenvalue weighted by atomic mass is 10.2. The second kappa shape index (κ2) is 11.0. The molecule has 0 aliphatic carbocycles. The van der Waals surface area contributed by atoms with Gasteiger partial charge in [-0.25, -0.2) is 24.5 Å². The fourth-order valence-electron chi connectivity index (χ4n) is 2.75. The van der Waals surface area contributed by atoms with E-state index in [-0.39, 0.29) is 12.1 Å². The number of nitrogens with two attached hydrogens (primary N) is 1. The fourth-order valence-corrected chi connectivity index (χ4v) is 4.42. The summed E-state index contributed by atoms with van der Waals surface area (Å²) >= 11 is 2.62. The molecule has 0 unspecified atom stereocenters. The zero-order valence-corrected chi connectivity index (χ0v) is 20.7. The minimum absolute atomic E-state index is 0.0363. The van der Waals surface area contributed by atoms with E-state index in [2.05, 4.69) is 20.3 Å². The maximum Gasteiger partial charge on any atom is 0.408 e. The largest absolute Gasteiger partial charge is 0.449 e. The van der Waals surface area contributed by atoms with Gasteiger partial charge in [0.1, 0.15) is 39.8 Å². The quantitative estimate of drug-likeness (QED) is 0.429. The fraction of sp³-hybridized carbons (Fsp3) is 0.318. The van der Waals surface area contributed by atoms with Gasteiger partial charge in [0, 0.05) is 17.2 Å². The second-order valence-electron chi connectivity index (χ2n) is 8.11. The molecule has 0 aromatic carbocycles. The number of hydrogen-bond donors (Lipinski definition) is 2. The van der Waals surface area contributed by atoms with Crippen LogP contribution >= 0.6 is 22.7 Å². The predicted molar refractivity (Wildman–Crippen MR) is 128 cm³/mol. The normalized spacial score (nSPS) is 11.8. The van der Waals surface area contributed by atoms with Crippen LogP contribution in [0.5, 0.6) is 0 Å². The molecule has 2 amide bonds. The number of nitrogens with one attached hydrogen (secondary N) is 1. The van der Waals surface area contributed by atoms with Crippen molar-refractivity contribution in [3.63, 3.8) is 0 Å². The van der Waals surface area contributed by atoms with E-state index in [1.807, 2.05) is 0 Å². The predicted octanol–water partition coefficient (Wildman–Crippen LogP) is 2.93. The van der Waals surface area contributed by atoms with Gasteiger partial charge in [-0.15, -0.1) is 22.7 Å². The van der Waals surface area contributed by atoms with E-state index < -0.39 is 36.2 Å². The molecule has 3 aromatic rings. The molecule has 3 rings (SSSR count). The molecule has 0 aliphatic rings. The monoisotopic (exact) mass is 514 g/mol. The lowest BCUT2D eigenvalue weighted by molar-refractivity contribution is -0.144. The molecular formula is C22H22N6O5S2. The number of nitrogens with zero attached hydrogens (tertiary/aromatic N) is 4. The first-order valence-electron chi connectivity index (χ1n) is 10.3. The standard InChI is InChI=1S/C22H22N6O5S2/c1-22(2,3)33-21(31)28-14(20(30)32-8-7-23)9-17-26-16(11-34-17)19-27-15(10-35-19)12-5-4-6-13(25-12)18(24)29/h4-6,10-11,14H,8-9H2,1-3H3,(H2,24,29)(H,28,31)/t14-/m0/s1. The number of esters is 1. The molecular weight excluding hydrogens is 492 g/mol. The van der Waals surface area contributed by atoms with E-state index in [9.17, 15) is 14.4 Å². The number of amides is 2. The summed E-state index contributed by atoms with van der Waals surface area (Å²) < 4.78 is 10.1. The lowest BCUT2D eigenvalue weighted by Gasteiger charge is -2.22. The molecule has 0 radical (unpaired) electrons. The van der Waals surface area contributed by atoms with Crippen molar-refractivity contribution in [2.45, 2.75) is 38.8 Å². The third kappa shape index (κ3) is 7.29. The number of thiazole rings is 2. The van der Waals surface area contributed by atoms with Gasteiger partial charge in [-0.1, -0.05) is 6.07 Å². The Hall–Kier alpha value is -3.89. The van der Waals surface area contributed by atoms with Crippen molar-refractivity contribution >= 4 is 40.6 Å². The van der Waals surface area contributed by atoms with Crippen molar-refractivity contribution in [3.8, 4) is 28.2 Å². The van der Waals surface area contributed by atoms with E-state index in [4.69, 9.17) is 20.5 Å².